The van der Waals surface area contributed by atoms with E-state index in [0.29, 0.717) is 13.2 Å². The Morgan fingerprint density at radius 2 is 1.97 bits per heavy atom. The van der Waals surface area contributed by atoms with Gasteiger partial charge in [0.15, 0.2) is 5.79 Å². The molecule has 29 heavy (non-hydrogen) atoms. The number of thioether (sulfide) groups is 1. The van der Waals surface area contributed by atoms with Gasteiger partial charge in [0.1, 0.15) is 0 Å². The lowest BCUT2D eigenvalue weighted by Gasteiger charge is -2.29. The molecule has 1 aromatic carbocycles. The molecule has 0 N–H and O–H groups in total. The minimum Gasteiger partial charge on any atom is -0.345 e. The minimum absolute atomic E-state index is 0. The fourth-order valence-corrected chi connectivity index (χ4v) is 5.56. The largest absolute Gasteiger partial charge is 0.345 e. The van der Waals surface area contributed by atoms with Gasteiger partial charge < -0.3 is 14.0 Å². The summed E-state index contributed by atoms with van der Waals surface area (Å²) in [6, 6.07) is 8.05. The van der Waals surface area contributed by atoms with Crippen molar-refractivity contribution in [1.82, 2.24) is 9.55 Å². The standard InChI is InChI=1S/C22H29ClN2O2S.ClH/c23-19-8-6-18(7-9-19)10-11-22(16-25-13-12-24-17-25)26-14-20(27-22)15-28-21-4-2-1-3-5-21;/h6-9,12-13,17,20-21H,1-5,10-11,14-16H2;1H/t20-,22+;/m0./s1. The van der Waals surface area contributed by atoms with Gasteiger partial charge in [-0.3, -0.25) is 0 Å². The van der Waals surface area contributed by atoms with E-state index in [1.165, 1.54) is 37.7 Å². The molecule has 4 nitrogen and oxygen atoms in total. The van der Waals surface area contributed by atoms with E-state index in [1.807, 2.05) is 24.7 Å². The molecule has 0 amide bonds. The zero-order chi connectivity index (χ0) is 19.2. The van der Waals surface area contributed by atoms with Gasteiger partial charge in [0.2, 0.25) is 0 Å². The quantitative estimate of drug-likeness (QED) is 0.504. The van der Waals surface area contributed by atoms with Crippen LogP contribution in [0.4, 0.5) is 0 Å². The zero-order valence-corrected chi connectivity index (χ0v) is 19.1. The maximum absolute atomic E-state index is 6.54. The number of aryl methyl sites for hydroxylation is 1. The summed E-state index contributed by atoms with van der Waals surface area (Å²) in [5.41, 5.74) is 1.25. The van der Waals surface area contributed by atoms with Gasteiger partial charge in [-0.25, -0.2) is 4.98 Å². The second-order valence-electron chi connectivity index (χ2n) is 7.92. The fourth-order valence-electron chi connectivity index (χ4n) is 4.11. The molecular formula is C22H30Cl2N2O2S. The van der Waals surface area contributed by atoms with Crippen molar-refractivity contribution in [3.8, 4) is 0 Å². The first-order valence-electron chi connectivity index (χ1n) is 10.3. The van der Waals surface area contributed by atoms with Gasteiger partial charge in [-0.15, -0.1) is 12.4 Å². The first-order valence-corrected chi connectivity index (χ1v) is 11.8. The van der Waals surface area contributed by atoms with Crippen LogP contribution < -0.4 is 0 Å². The van der Waals surface area contributed by atoms with Crippen molar-refractivity contribution < 1.29 is 9.47 Å². The Balaban J connectivity index is 0.00000240. The summed E-state index contributed by atoms with van der Waals surface area (Å²) in [5, 5.41) is 1.57. The Morgan fingerprint density at radius 1 is 1.17 bits per heavy atom. The Labute approximate surface area is 189 Å². The predicted molar refractivity (Wildman–Crippen MR) is 122 cm³/mol. The van der Waals surface area contributed by atoms with Crippen LogP contribution in [0.1, 0.15) is 44.1 Å². The summed E-state index contributed by atoms with van der Waals surface area (Å²) in [4.78, 5) is 4.17. The molecule has 0 radical (unpaired) electrons. The van der Waals surface area contributed by atoms with Crippen LogP contribution in [-0.4, -0.2) is 39.1 Å². The molecule has 2 fully saturated rings. The lowest BCUT2D eigenvalue weighted by atomic mass is 10.0. The average molecular weight is 457 g/mol. The number of nitrogens with zero attached hydrogens (tertiary/aromatic N) is 2. The lowest BCUT2D eigenvalue weighted by molar-refractivity contribution is -0.180. The molecule has 2 aromatic rings. The van der Waals surface area contributed by atoms with Crippen molar-refractivity contribution in [1.29, 1.82) is 0 Å². The average Bonchev–Trinajstić information content (AvgIpc) is 3.38. The molecule has 1 aliphatic carbocycles. The van der Waals surface area contributed by atoms with Gasteiger partial charge in [0.05, 0.1) is 25.6 Å². The van der Waals surface area contributed by atoms with Crippen LogP contribution in [0.15, 0.2) is 43.0 Å². The lowest BCUT2D eigenvalue weighted by Crippen LogP contribution is -2.37. The third-order valence-electron chi connectivity index (χ3n) is 5.67. The second-order valence-corrected chi connectivity index (χ2v) is 9.69. The summed E-state index contributed by atoms with van der Waals surface area (Å²) >= 11 is 8.10. The summed E-state index contributed by atoms with van der Waals surface area (Å²) in [6.45, 7) is 1.35. The van der Waals surface area contributed by atoms with Crippen molar-refractivity contribution in [2.24, 2.45) is 0 Å². The first-order chi connectivity index (χ1) is 13.7. The van der Waals surface area contributed by atoms with E-state index in [4.69, 9.17) is 21.1 Å². The van der Waals surface area contributed by atoms with Gasteiger partial charge in [0, 0.05) is 34.8 Å². The molecule has 1 aromatic heterocycles. The molecule has 0 bridgehead atoms. The van der Waals surface area contributed by atoms with Crippen molar-refractivity contribution in [3.05, 3.63) is 53.6 Å². The first kappa shape index (κ1) is 23.0. The normalized spacial score (nSPS) is 25.1. The Kier molecular flexibility index (Phi) is 8.75. The van der Waals surface area contributed by atoms with Crippen LogP contribution in [0.2, 0.25) is 5.02 Å². The maximum atomic E-state index is 6.54. The Morgan fingerprint density at radius 3 is 2.69 bits per heavy atom. The van der Waals surface area contributed by atoms with E-state index in [1.54, 1.807) is 6.20 Å². The highest BCUT2D eigenvalue weighted by atomic mass is 35.5. The van der Waals surface area contributed by atoms with Crippen LogP contribution in [0.3, 0.4) is 0 Å². The van der Waals surface area contributed by atoms with Gasteiger partial charge >= 0.3 is 0 Å². The van der Waals surface area contributed by atoms with Gasteiger partial charge in [0.25, 0.3) is 0 Å². The van der Waals surface area contributed by atoms with E-state index >= 15 is 0 Å². The number of aromatic nitrogens is 2. The third kappa shape index (κ3) is 6.63. The molecule has 0 spiro atoms. The van der Waals surface area contributed by atoms with Crippen LogP contribution in [0, 0.1) is 0 Å². The SMILES string of the molecule is Cl.Clc1ccc(CC[C@@]2(Cn3ccnc3)OC[C@@H](CSC3CCCCC3)O2)cc1. The van der Waals surface area contributed by atoms with Gasteiger partial charge in [-0.2, -0.15) is 11.8 Å². The topological polar surface area (TPSA) is 36.3 Å². The number of ether oxygens (including phenoxy) is 2. The van der Waals surface area contributed by atoms with Crippen molar-refractivity contribution in [2.45, 2.75) is 68.6 Å². The maximum Gasteiger partial charge on any atom is 0.187 e. The smallest absolute Gasteiger partial charge is 0.187 e. The summed E-state index contributed by atoms with van der Waals surface area (Å²) < 4.78 is 14.9. The Hall–Kier alpha value is -0.720. The van der Waals surface area contributed by atoms with Crippen LogP contribution >= 0.6 is 35.8 Å². The van der Waals surface area contributed by atoms with E-state index < -0.39 is 5.79 Å². The monoisotopic (exact) mass is 456 g/mol. The van der Waals surface area contributed by atoms with Crippen molar-refractivity contribution >= 4 is 35.8 Å². The molecule has 1 aliphatic heterocycles. The fraction of sp³-hybridized carbons (Fsp3) is 0.591. The summed E-state index contributed by atoms with van der Waals surface area (Å²) in [5.74, 6) is 0.440. The molecular weight excluding hydrogens is 427 g/mol. The van der Waals surface area contributed by atoms with Crippen molar-refractivity contribution in [2.75, 3.05) is 12.4 Å². The number of hydrogen-bond acceptors (Lipinski definition) is 4. The molecule has 7 heteroatoms. The molecule has 160 valence electrons. The molecule has 2 aliphatic rings. The number of halogens is 2. The minimum atomic E-state index is -0.585. The molecule has 4 rings (SSSR count). The van der Waals surface area contributed by atoms with Crippen molar-refractivity contribution in [3.63, 3.8) is 0 Å². The number of hydrogen-bond donors (Lipinski definition) is 0. The summed E-state index contributed by atoms with van der Waals surface area (Å²) in [6.07, 6.45) is 14.4. The zero-order valence-electron chi connectivity index (χ0n) is 16.7. The molecule has 1 saturated heterocycles. The van der Waals surface area contributed by atoms with E-state index in [2.05, 4.69) is 33.4 Å². The van der Waals surface area contributed by atoms with E-state index in [9.17, 15) is 0 Å². The highest BCUT2D eigenvalue weighted by Gasteiger charge is 2.41. The van der Waals surface area contributed by atoms with Crippen LogP contribution in [0.25, 0.3) is 0 Å². The summed E-state index contributed by atoms with van der Waals surface area (Å²) in [7, 11) is 0. The number of imidazole rings is 1. The van der Waals surface area contributed by atoms with Gasteiger partial charge in [-0.1, -0.05) is 43.0 Å². The van der Waals surface area contributed by atoms with Crippen LogP contribution in [-0.2, 0) is 22.4 Å². The van der Waals surface area contributed by atoms with Gasteiger partial charge in [-0.05, 0) is 37.0 Å². The predicted octanol–water partition coefficient (Wildman–Crippen LogP) is 5.77. The second kappa shape index (κ2) is 11.1. The highest BCUT2D eigenvalue weighted by Crippen LogP contribution is 2.35. The highest BCUT2D eigenvalue weighted by molar-refractivity contribution is 7.99. The van der Waals surface area contributed by atoms with Crippen LogP contribution in [0.5, 0.6) is 0 Å². The number of rotatable bonds is 8. The van der Waals surface area contributed by atoms with E-state index in [-0.39, 0.29) is 18.5 Å². The molecule has 2 atom stereocenters. The molecule has 2 heterocycles. The molecule has 1 saturated carbocycles. The Bertz CT molecular complexity index is 723. The number of benzene rings is 1. The molecule has 0 unspecified atom stereocenters. The van der Waals surface area contributed by atoms with E-state index in [0.717, 1.165) is 28.9 Å². The third-order valence-corrected chi connectivity index (χ3v) is 7.43.